The van der Waals surface area contributed by atoms with E-state index in [1.807, 2.05) is 13.8 Å². The van der Waals surface area contributed by atoms with Crippen LogP contribution in [0, 0.1) is 0 Å². The number of benzene rings is 1. The molecule has 4 nitrogen and oxygen atoms in total. The second kappa shape index (κ2) is 7.68. The molecule has 0 aliphatic rings. The monoisotopic (exact) mass is 272 g/mol. The standard InChI is InChI=1S/C13H18F2N2O2/c1-3-16-12(18)8-17-9(2)10-4-6-11(7-5-10)19-13(14)15/h4-7,9,13,17H,3,8H2,1-2H3,(H,16,18). The topological polar surface area (TPSA) is 50.4 Å². The lowest BCUT2D eigenvalue weighted by molar-refractivity contribution is -0.120. The number of hydrogen-bond acceptors (Lipinski definition) is 3. The number of nitrogens with one attached hydrogen (secondary N) is 2. The highest BCUT2D eigenvalue weighted by atomic mass is 19.3. The molecule has 1 aromatic rings. The minimum atomic E-state index is -2.82. The van der Waals surface area contributed by atoms with Crippen molar-refractivity contribution in [1.29, 1.82) is 0 Å². The third kappa shape index (κ3) is 5.65. The highest BCUT2D eigenvalue weighted by Gasteiger charge is 2.08. The zero-order valence-electron chi connectivity index (χ0n) is 11.0. The summed E-state index contributed by atoms with van der Waals surface area (Å²) in [5.74, 6) is 0.0432. The normalized spacial score (nSPS) is 12.3. The van der Waals surface area contributed by atoms with Crippen LogP contribution in [0.2, 0.25) is 0 Å². The van der Waals surface area contributed by atoms with E-state index in [0.717, 1.165) is 5.56 Å². The van der Waals surface area contributed by atoms with Gasteiger partial charge in [-0.15, -0.1) is 0 Å². The summed E-state index contributed by atoms with van der Waals surface area (Å²) in [6.45, 7) is 1.73. The SMILES string of the molecule is CCNC(=O)CNC(C)c1ccc(OC(F)F)cc1. The van der Waals surface area contributed by atoms with Crippen LogP contribution >= 0.6 is 0 Å². The third-order valence-electron chi connectivity index (χ3n) is 2.55. The average molecular weight is 272 g/mol. The summed E-state index contributed by atoms with van der Waals surface area (Å²) in [7, 11) is 0. The predicted octanol–water partition coefficient (Wildman–Crippen LogP) is 2.07. The summed E-state index contributed by atoms with van der Waals surface area (Å²) in [4.78, 5) is 11.3. The van der Waals surface area contributed by atoms with Crippen molar-refractivity contribution in [2.75, 3.05) is 13.1 Å². The lowest BCUT2D eigenvalue weighted by atomic mass is 10.1. The number of ether oxygens (including phenoxy) is 1. The lowest BCUT2D eigenvalue weighted by Crippen LogP contribution is -2.34. The van der Waals surface area contributed by atoms with Crippen molar-refractivity contribution in [3.05, 3.63) is 29.8 Å². The first kappa shape index (κ1) is 15.4. The maximum Gasteiger partial charge on any atom is 0.387 e. The van der Waals surface area contributed by atoms with Crippen LogP contribution in [0.1, 0.15) is 25.5 Å². The summed E-state index contributed by atoms with van der Waals surface area (Å²) >= 11 is 0. The molecule has 2 N–H and O–H groups in total. The number of amides is 1. The van der Waals surface area contributed by atoms with Crippen LogP contribution in [0.5, 0.6) is 5.75 Å². The minimum absolute atomic E-state index is 0.0526. The first-order chi connectivity index (χ1) is 9.02. The molecule has 0 heterocycles. The van der Waals surface area contributed by atoms with Crippen LogP contribution in [-0.4, -0.2) is 25.6 Å². The quantitative estimate of drug-likeness (QED) is 0.799. The molecule has 0 bridgehead atoms. The second-order valence-electron chi connectivity index (χ2n) is 4.00. The summed E-state index contributed by atoms with van der Waals surface area (Å²) < 4.78 is 28.2. The molecule has 0 aliphatic carbocycles. The molecule has 0 aromatic heterocycles. The van der Waals surface area contributed by atoms with E-state index in [1.165, 1.54) is 12.1 Å². The minimum Gasteiger partial charge on any atom is -0.435 e. The molecule has 0 saturated carbocycles. The number of hydrogen-bond donors (Lipinski definition) is 2. The first-order valence-electron chi connectivity index (χ1n) is 6.07. The predicted molar refractivity (Wildman–Crippen MR) is 68.2 cm³/mol. The van der Waals surface area contributed by atoms with Crippen molar-refractivity contribution in [2.24, 2.45) is 0 Å². The molecule has 6 heteroatoms. The Bertz CT molecular complexity index is 396. The van der Waals surface area contributed by atoms with Gasteiger partial charge < -0.3 is 15.4 Å². The van der Waals surface area contributed by atoms with Gasteiger partial charge in [0.1, 0.15) is 5.75 Å². The van der Waals surface area contributed by atoms with E-state index in [0.29, 0.717) is 6.54 Å². The van der Waals surface area contributed by atoms with Gasteiger partial charge in [-0.25, -0.2) is 0 Å². The van der Waals surface area contributed by atoms with Gasteiger partial charge in [-0.05, 0) is 31.5 Å². The maximum absolute atomic E-state index is 12.0. The molecule has 19 heavy (non-hydrogen) atoms. The van der Waals surface area contributed by atoms with Crippen LogP contribution in [-0.2, 0) is 4.79 Å². The molecule has 1 aromatic carbocycles. The molecule has 106 valence electrons. The van der Waals surface area contributed by atoms with E-state index in [9.17, 15) is 13.6 Å². The molecule has 0 spiro atoms. The van der Waals surface area contributed by atoms with Crippen LogP contribution < -0.4 is 15.4 Å². The number of rotatable bonds is 7. The van der Waals surface area contributed by atoms with Gasteiger partial charge >= 0.3 is 6.61 Å². The number of carbonyl (C=O) groups excluding carboxylic acids is 1. The molecule has 1 amide bonds. The zero-order valence-corrected chi connectivity index (χ0v) is 11.0. The largest absolute Gasteiger partial charge is 0.435 e. The van der Waals surface area contributed by atoms with E-state index >= 15 is 0 Å². The summed E-state index contributed by atoms with van der Waals surface area (Å²) in [5.41, 5.74) is 0.894. The highest BCUT2D eigenvalue weighted by Crippen LogP contribution is 2.18. The Labute approximate surface area is 111 Å². The molecule has 1 atom stereocenters. The number of alkyl halides is 2. The van der Waals surface area contributed by atoms with Crippen molar-refractivity contribution in [3.63, 3.8) is 0 Å². The van der Waals surface area contributed by atoms with E-state index < -0.39 is 6.61 Å². The Balaban J connectivity index is 2.48. The van der Waals surface area contributed by atoms with Crippen molar-refractivity contribution in [2.45, 2.75) is 26.5 Å². The van der Waals surface area contributed by atoms with Gasteiger partial charge in [0.05, 0.1) is 6.54 Å². The summed E-state index contributed by atoms with van der Waals surface area (Å²) in [5, 5.41) is 5.72. The number of halogens is 2. The van der Waals surface area contributed by atoms with Crippen LogP contribution in [0.3, 0.4) is 0 Å². The lowest BCUT2D eigenvalue weighted by Gasteiger charge is -2.14. The molecule has 0 saturated heterocycles. The van der Waals surface area contributed by atoms with Crippen molar-refractivity contribution in [1.82, 2.24) is 10.6 Å². The molecule has 0 aliphatic heterocycles. The van der Waals surface area contributed by atoms with Gasteiger partial charge in [-0.2, -0.15) is 8.78 Å². The van der Waals surface area contributed by atoms with E-state index in [2.05, 4.69) is 15.4 Å². The fraction of sp³-hybridized carbons (Fsp3) is 0.462. The highest BCUT2D eigenvalue weighted by molar-refractivity contribution is 5.77. The van der Waals surface area contributed by atoms with Crippen LogP contribution in [0.4, 0.5) is 8.78 Å². The van der Waals surface area contributed by atoms with Crippen LogP contribution in [0.15, 0.2) is 24.3 Å². The maximum atomic E-state index is 12.0. The Kier molecular flexibility index (Phi) is 6.21. The van der Waals surface area contributed by atoms with Gasteiger partial charge in [0.15, 0.2) is 0 Å². The fourth-order valence-corrected chi connectivity index (χ4v) is 1.56. The third-order valence-corrected chi connectivity index (χ3v) is 2.55. The Morgan fingerprint density at radius 1 is 1.32 bits per heavy atom. The van der Waals surface area contributed by atoms with Gasteiger partial charge in [0.2, 0.25) is 5.91 Å². The van der Waals surface area contributed by atoms with Gasteiger partial charge in [0.25, 0.3) is 0 Å². The molecular weight excluding hydrogens is 254 g/mol. The first-order valence-corrected chi connectivity index (χ1v) is 6.07. The fourth-order valence-electron chi connectivity index (χ4n) is 1.56. The van der Waals surface area contributed by atoms with Crippen LogP contribution in [0.25, 0.3) is 0 Å². The van der Waals surface area contributed by atoms with E-state index in [4.69, 9.17) is 0 Å². The summed E-state index contributed by atoms with van der Waals surface area (Å²) in [6.07, 6.45) is 0. The average Bonchev–Trinajstić information content (AvgIpc) is 2.36. The van der Waals surface area contributed by atoms with Gasteiger partial charge in [-0.1, -0.05) is 12.1 Å². The van der Waals surface area contributed by atoms with Gasteiger partial charge in [-0.3, -0.25) is 4.79 Å². The van der Waals surface area contributed by atoms with Crippen molar-refractivity contribution in [3.8, 4) is 5.75 Å². The molecule has 0 fully saturated rings. The Morgan fingerprint density at radius 3 is 2.47 bits per heavy atom. The Morgan fingerprint density at radius 2 is 1.95 bits per heavy atom. The van der Waals surface area contributed by atoms with Crippen molar-refractivity contribution < 1.29 is 18.3 Å². The second-order valence-corrected chi connectivity index (χ2v) is 4.00. The Hall–Kier alpha value is -1.69. The molecule has 1 rings (SSSR count). The smallest absolute Gasteiger partial charge is 0.387 e. The zero-order chi connectivity index (χ0) is 14.3. The van der Waals surface area contributed by atoms with Gasteiger partial charge in [0, 0.05) is 12.6 Å². The van der Waals surface area contributed by atoms with Crippen molar-refractivity contribution >= 4 is 5.91 Å². The van der Waals surface area contributed by atoms with E-state index in [-0.39, 0.29) is 24.2 Å². The summed E-state index contributed by atoms with van der Waals surface area (Å²) in [6, 6.07) is 6.28. The number of carbonyl (C=O) groups is 1. The number of likely N-dealkylation sites (N-methyl/N-ethyl adjacent to an activating group) is 1. The molecular formula is C13H18F2N2O2. The molecule has 0 radical (unpaired) electrons. The van der Waals surface area contributed by atoms with E-state index in [1.54, 1.807) is 12.1 Å². The molecule has 1 unspecified atom stereocenters.